The van der Waals surface area contributed by atoms with E-state index in [0.29, 0.717) is 17.9 Å². The van der Waals surface area contributed by atoms with Crippen molar-refractivity contribution in [3.63, 3.8) is 0 Å². The molecule has 152 valence electrons. The van der Waals surface area contributed by atoms with Gasteiger partial charge in [0.2, 0.25) is 0 Å². The highest BCUT2D eigenvalue weighted by Gasteiger charge is 2.29. The molecule has 2 aromatic heterocycles. The monoisotopic (exact) mass is 385 g/mol. The fraction of sp³-hybridized carbons (Fsp3) is 0.700. The molecule has 2 aliphatic rings. The van der Waals surface area contributed by atoms with Crippen LogP contribution < -0.4 is 10.2 Å². The van der Waals surface area contributed by atoms with E-state index in [4.69, 9.17) is 4.74 Å². The van der Waals surface area contributed by atoms with Gasteiger partial charge in [-0.05, 0) is 37.5 Å². The van der Waals surface area contributed by atoms with Crippen LogP contribution in [0.5, 0.6) is 0 Å². The minimum Gasteiger partial charge on any atom is -0.376 e. The summed E-state index contributed by atoms with van der Waals surface area (Å²) >= 11 is 0. The first-order valence-corrected chi connectivity index (χ1v) is 10.5. The van der Waals surface area contributed by atoms with Crippen molar-refractivity contribution in [2.75, 3.05) is 29.9 Å². The van der Waals surface area contributed by atoms with Crippen molar-refractivity contribution in [1.82, 2.24) is 25.0 Å². The minimum atomic E-state index is 0.231. The summed E-state index contributed by atoms with van der Waals surface area (Å²) in [5.74, 6) is 2.93. The van der Waals surface area contributed by atoms with Crippen LogP contribution in [0.4, 0.5) is 11.6 Å². The van der Waals surface area contributed by atoms with Crippen LogP contribution in [-0.2, 0) is 11.3 Å². The Bertz CT molecular complexity index is 736. The van der Waals surface area contributed by atoms with Crippen molar-refractivity contribution in [1.29, 1.82) is 0 Å². The maximum Gasteiger partial charge on any atom is 0.134 e. The van der Waals surface area contributed by atoms with Gasteiger partial charge >= 0.3 is 0 Å². The number of nitrogens with zero attached hydrogens (tertiary/aromatic N) is 6. The molecule has 4 heterocycles. The molecule has 8 heteroatoms. The first-order chi connectivity index (χ1) is 13.7. The Morgan fingerprint density at radius 3 is 3.00 bits per heavy atom. The van der Waals surface area contributed by atoms with Crippen molar-refractivity contribution in [2.24, 2.45) is 11.8 Å². The molecule has 0 bridgehead atoms. The van der Waals surface area contributed by atoms with E-state index < -0.39 is 0 Å². The van der Waals surface area contributed by atoms with E-state index in [9.17, 15) is 0 Å². The van der Waals surface area contributed by atoms with E-state index in [2.05, 4.69) is 50.4 Å². The molecule has 0 radical (unpaired) electrons. The van der Waals surface area contributed by atoms with Crippen LogP contribution >= 0.6 is 0 Å². The Balaban J connectivity index is 1.41. The van der Waals surface area contributed by atoms with E-state index in [1.165, 1.54) is 6.42 Å². The fourth-order valence-electron chi connectivity index (χ4n) is 4.42. The number of aromatic nitrogens is 5. The number of rotatable bonds is 6. The summed E-state index contributed by atoms with van der Waals surface area (Å²) in [5, 5.41) is 11.6. The normalized spacial score (nSPS) is 25.8. The molecular weight excluding hydrogens is 354 g/mol. The van der Waals surface area contributed by atoms with Crippen molar-refractivity contribution in [3.05, 3.63) is 24.8 Å². The first-order valence-electron chi connectivity index (χ1n) is 10.5. The predicted octanol–water partition coefficient (Wildman–Crippen LogP) is 2.60. The molecule has 2 aliphatic heterocycles. The molecule has 0 unspecified atom stereocenters. The largest absolute Gasteiger partial charge is 0.376 e. The third kappa shape index (κ3) is 4.60. The van der Waals surface area contributed by atoms with Gasteiger partial charge in [-0.3, -0.25) is 4.68 Å². The molecular formula is C20H31N7O. The predicted molar refractivity (Wildman–Crippen MR) is 108 cm³/mol. The van der Waals surface area contributed by atoms with Gasteiger partial charge in [0.1, 0.15) is 18.0 Å². The summed E-state index contributed by atoms with van der Waals surface area (Å²) < 4.78 is 7.93. The zero-order valence-electron chi connectivity index (χ0n) is 16.9. The molecule has 2 fully saturated rings. The number of anilines is 2. The molecule has 0 amide bonds. The molecule has 8 nitrogen and oxygen atoms in total. The third-order valence-corrected chi connectivity index (χ3v) is 5.77. The molecule has 0 aromatic carbocycles. The topological polar surface area (TPSA) is 81.0 Å². The zero-order valence-corrected chi connectivity index (χ0v) is 16.9. The maximum atomic E-state index is 6.01. The molecule has 2 aromatic rings. The van der Waals surface area contributed by atoms with Gasteiger partial charge in [0.15, 0.2) is 0 Å². The van der Waals surface area contributed by atoms with Gasteiger partial charge in [0, 0.05) is 38.5 Å². The highest BCUT2D eigenvalue weighted by atomic mass is 16.5. The average molecular weight is 386 g/mol. The smallest absolute Gasteiger partial charge is 0.134 e. The van der Waals surface area contributed by atoms with E-state index in [1.807, 2.05) is 10.9 Å². The number of nitrogens with one attached hydrogen (secondary N) is 1. The zero-order chi connectivity index (χ0) is 19.3. The van der Waals surface area contributed by atoms with E-state index in [1.54, 1.807) is 12.5 Å². The van der Waals surface area contributed by atoms with Crippen LogP contribution in [0.15, 0.2) is 24.8 Å². The highest BCUT2D eigenvalue weighted by Crippen LogP contribution is 2.26. The summed E-state index contributed by atoms with van der Waals surface area (Å²) in [6, 6.07) is 2.39. The summed E-state index contributed by atoms with van der Waals surface area (Å²) in [6.07, 6.45) is 10.2. The fourth-order valence-corrected chi connectivity index (χ4v) is 4.42. The second kappa shape index (κ2) is 8.86. The SMILES string of the molecule is CC(C)[C@@H]1OCCC[C@@H]1Nc1cc(N2CCC[C@H](Cn3ccnn3)C2)ncn1. The number of piperidine rings is 1. The van der Waals surface area contributed by atoms with Crippen LogP contribution in [0.1, 0.15) is 39.5 Å². The lowest BCUT2D eigenvalue weighted by Gasteiger charge is -2.36. The Morgan fingerprint density at radius 2 is 2.18 bits per heavy atom. The van der Waals surface area contributed by atoms with Crippen molar-refractivity contribution < 1.29 is 4.74 Å². The van der Waals surface area contributed by atoms with E-state index in [0.717, 1.165) is 57.1 Å². The lowest BCUT2D eigenvalue weighted by molar-refractivity contribution is -0.0203. The first kappa shape index (κ1) is 19.1. The van der Waals surface area contributed by atoms with Gasteiger partial charge in [-0.2, -0.15) is 0 Å². The Hall–Kier alpha value is -2.22. The summed E-state index contributed by atoms with van der Waals surface area (Å²) in [5.41, 5.74) is 0. The van der Waals surface area contributed by atoms with Crippen LogP contribution in [0, 0.1) is 11.8 Å². The standard InChI is InChI=1S/C20H31N7O/c1-15(2)20-17(6-4-10-28-20)24-18-11-19(22-14-21-18)26-8-3-5-16(12-26)13-27-9-7-23-25-27/h7,9,11,14-17,20H,3-6,8,10,12-13H2,1-2H3,(H,21,22,24)/t16-,17-,20-/m0/s1. The van der Waals surface area contributed by atoms with Crippen LogP contribution in [0.3, 0.4) is 0 Å². The highest BCUT2D eigenvalue weighted by molar-refractivity contribution is 5.49. The van der Waals surface area contributed by atoms with Gasteiger partial charge in [0.25, 0.3) is 0 Å². The second-order valence-electron chi connectivity index (χ2n) is 8.31. The van der Waals surface area contributed by atoms with Gasteiger partial charge in [0.05, 0.1) is 18.3 Å². The molecule has 4 rings (SSSR count). The van der Waals surface area contributed by atoms with E-state index >= 15 is 0 Å². The lowest BCUT2D eigenvalue weighted by atomic mass is 9.93. The van der Waals surface area contributed by atoms with Crippen LogP contribution in [0.2, 0.25) is 0 Å². The Kier molecular flexibility index (Phi) is 6.04. The molecule has 2 saturated heterocycles. The molecule has 28 heavy (non-hydrogen) atoms. The third-order valence-electron chi connectivity index (χ3n) is 5.77. The summed E-state index contributed by atoms with van der Waals surface area (Å²) in [7, 11) is 0. The molecule has 3 atom stereocenters. The van der Waals surface area contributed by atoms with Crippen molar-refractivity contribution in [2.45, 2.75) is 58.2 Å². The Labute approximate surface area is 166 Å². The van der Waals surface area contributed by atoms with E-state index in [-0.39, 0.29) is 6.10 Å². The van der Waals surface area contributed by atoms with Crippen molar-refractivity contribution in [3.8, 4) is 0 Å². The molecule has 0 spiro atoms. The minimum absolute atomic E-state index is 0.231. The average Bonchev–Trinajstić information content (AvgIpc) is 3.22. The quantitative estimate of drug-likeness (QED) is 0.818. The van der Waals surface area contributed by atoms with Gasteiger partial charge in [-0.25, -0.2) is 9.97 Å². The van der Waals surface area contributed by atoms with Crippen molar-refractivity contribution >= 4 is 11.6 Å². The van der Waals surface area contributed by atoms with Gasteiger partial charge in [-0.15, -0.1) is 5.10 Å². The summed E-state index contributed by atoms with van der Waals surface area (Å²) in [6.45, 7) is 8.22. The van der Waals surface area contributed by atoms with Crippen LogP contribution in [0.25, 0.3) is 0 Å². The van der Waals surface area contributed by atoms with Gasteiger partial charge < -0.3 is 15.0 Å². The van der Waals surface area contributed by atoms with Gasteiger partial charge in [-0.1, -0.05) is 19.1 Å². The number of hydrogen-bond donors (Lipinski definition) is 1. The lowest BCUT2D eigenvalue weighted by Crippen LogP contribution is -2.43. The maximum absolute atomic E-state index is 6.01. The molecule has 1 N–H and O–H groups in total. The summed E-state index contributed by atoms with van der Waals surface area (Å²) in [4.78, 5) is 11.4. The molecule has 0 saturated carbocycles. The molecule has 0 aliphatic carbocycles. The number of ether oxygens (including phenoxy) is 1. The Morgan fingerprint density at radius 1 is 1.25 bits per heavy atom. The second-order valence-corrected chi connectivity index (χ2v) is 8.31. The number of hydrogen-bond acceptors (Lipinski definition) is 7. The van der Waals surface area contributed by atoms with Crippen LogP contribution in [-0.4, -0.2) is 56.8 Å².